The van der Waals surface area contributed by atoms with Crippen LogP contribution in [0.15, 0.2) is 61.2 Å². The minimum atomic E-state index is 0.793. The Morgan fingerprint density at radius 1 is 1.04 bits per heavy atom. The Morgan fingerprint density at radius 3 is 2.67 bits per heavy atom. The summed E-state index contributed by atoms with van der Waals surface area (Å²) in [5, 5.41) is 3.33. The lowest BCUT2D eigenvalue weighted by Gasteiger charge is -2.18. The fourth-order valence-corrected chi connectivity index (χ4v) is 2.46. The Balaban J connectivity index is 1.66. The monoisotopic (exact) mass is 319 g/mol. The van der Waals surface area contributed by atoms with Crippen molar-refractivity contribution in [2.24, 2.45) is 0 Å². The van der Waals surface area contributed by atoms with Crippen molar-refractivity contribution in [1.29, 1.82) is 0 Å². The number of aromatic nitrogens is 3. The molecule has 0 saturated carbocycles. The van der Waals surface area contributed by atoms with Crippen LogP contribution >= 0.6 is 0 Å². The lowest BCUT2D eigenvalue weighted by molar-refractivity contribution is 0.855. The molecule has 0 radical (unpaired) electrons. The van der Waals surface area contributed by atoms with Gasteiger partial charge < -0.3 is 10.2 Å². The van der Waals surface area contributed by atoms with Gasteiger partial charge in [-0.25, -0.2) is 9.97 Å². The predicted molar refractivity (Wildman–Crippen MR) is 97.7 cm³/mol. The van der Waals surface area contributed by atoms with Crippen LogP contribution in [0.2, 0.25) is 0 Å². The molecule has 3 rings (SSSR count). The van der Waals surface area contributed by atoms with E-state index in [4.69, 9.17) is 0 Å². The third-order valence-corrected chi connectivity index (χ3v) is 3.82. The Hall–Kier alpha value is -2.95. The van der Waals surface area contributed by atoms with E-state index in [2.05, 4.69) is 44.2 Å². The van der Waals surface area contributed by atoms with Gasteiger partial charge in [-0.05, 0) is 48.7 Å². The first-order chi connectivity index (χ1) is 11.7. The molecule has 0 aliphatic rings. The van der Waals surface area contributed by atoms with E-state index in [-0.39, 0.29) is 0 Å². The van der Waals surface area contributed by atoms with Gasteiger partial charge >= 0.3 is 0 Å². The summed E-state index contributed by atoms with van der Waals surface area (Å²) in [5.41, 5.74) is 3.51. The Kier molecular flexibility index (Phi) is 5.01. The molecule has 0 bridgehead atoms. The molecule has 24 heavy (non-hydrogen) atoms. The molecule has 1 aromatic carbocycles. The molecule has 0 aliphatic heterocycles. The molecule has 0 unspecified atom stereocenters. The van der Waals surface area contributed by atoms with Gasteiger partial charge in [-0.3, -0.25) is 4.98 Å². The van der Waals surface area contributed by atoms with Crippen molar-refractivity contribution in [2.45, 2.75) is 13.3 Å². The van der Waals surface area contributed by atoms with Crippen molar-refractivity contribution in [2.75, 3.05) is 23.8 Å². The first-order valence-corrected chi connectivity index (χ1v) is 7.96. The first-order valence-electron chi connectivity index (χ1n) is 7.96. The maximum absolute atomic E-state index is 4.37. The zero-order chi connectivity index (χ0) is 16.8. The minimum Gasteiger partial charge on any atom is -0.359 e. The number of hydrogen-bond acceptors (Lipinski definition) is 5. The number of hydrogen-bond donors (Lipinski definition) is 1. The van der Waals surface area contributed by atoms with Crippen LogP contribution in [0, 0.1) is 6.92 Å². The molecule has 0 atom stereocenters. The second-order valence-corrected chi connectivity index (χ2v) is 5.78. The van der Waals surface area contributed by atoms with Crippen molar-refractivity contribution < 1.29 is 0 Å². The summed E-state index contributed by atoms with van der Waals surface area (Å²) in [6, 6.07) is 14.3. The van der Waals surface area contributed by atoms with Gasteiger partial charge in [-0.2, -0.15) is 0 Å². The normalized spacial score (nSPS) is 10.4. The van der Waals surface area contributed by atoms with Crippen LogP contribution in [0.5, 0.6) is 0 Å². The summed E-state index contributed by atoms with van der Waals surface area (Å²) in [6.07, 6.45) is 6.19. The molecule has 0 fully saturated rings. The number of aryl methyl sites for hydroxylation is 1. The average molecular weight is 319 g/mol. The minimum absolute atomic E-state index is 0.793. The summed E-state index contributed by atoms with van der Waals surface area (Å²) in [7, 11) is 2.04. The van der Waals surface area contributed by atoms with Gasteiger partial charge in [0.05, 0.1) is 0 Å². The van der Waals surface area contributed by atoms with Gasteiger partial charge in [0.1, 0.15) is 18.0 Å². The van der Waals surface area contributed by atoms with Crippen LogP contribution < -0.4 is 10.2 Å². The molecule has 5 nitrogen and oxygen atoms in total. The Bertz CT molecular complexity index is 789. The topological polar surface area (TPSA) is 53.9 Å². The van der Waals surface area contributed by atoms with E-state index >= 15 is 0 Å². The molecular formula is C19H21N5. The van der Waals surface area contributed by atoms with Gasteiger partial charge in [0.25, 0.3) is 0 Å². The second kappa shape index (κ2) is 7.55. The number of nitrogens with one attached hydrogen (secondary N) is 1. The highest BCUT2D eigenvalue weighted by Gasteiger charge is 2.05. The average Bonchev–Trinajstić information content (AvgIpc) is 2.61. The van der Waals surface area contributed by atoms with Gasteiger partial charge in [-0.1, -0.05) is 12.1 Å². The molecule has 3 aromatic rings. The largest absolute Gasteiger partial charge is 0.359 e. The van der Waals surface area contributed by atoms with Gasteiger partial charge in [0.15, 0.2) is 0 Å². The number of rotatable bonds is 6. The van der Waals surface area contributed by atoms with E-state index in [1.54, 1.807) is 6.33 Å². The highest BCUT2D eigenvalue weighted by molar-refractivity contribution is 5.59. The molecule has 2 aromatic heterocycles. The van der Waals surface area contributed by atoms with Crippen LogP contribution in [0.1, 0.15) is 11.1 Å². The zero-order valence-corrected chi connectivity index (χ0v) is 14.0. The van der Waals surface area contributed by atoms with Crippen molar-refractivity contribution in [3.8, 4) is 0 Å². The van der Waals surface area contributed by atoms with Crippen molar-refractivity contribution in [3.63, 3.8) is 0 Å². The van der Waals surface area contributed by atoms with E-state index in [0.717, 1.165) is 30.3 Å². The van der Waals surface area contributed by atoms with E-state index in [0.29, 0.717) is 0 Å². The summed E-state index contributed by atoms with van der Waals surface area (Å²) >= 11 is 0. The Morgan fingerprint density at radius 2 is 1.88 bits per heavy atom. The standard InChI is InChI=1S/C19H21N5/c1-15-4-3-5-17(12-15)23-18-13-19(22-14-21-18)24(2)11-8-16-6-9-20-10-7-16/h3-7,9-10,12-14H,8,11H2,1-2H3,(H,21,22,23). The number of benzene rings is 1. The number of anilines is 3. The number of nitrogens with zero attached hydrogens (tertiary/aromatic N) is 4. The quantitative estimate of drug-likeness (QED) is 0.752. The molecule has 0 aliphatic carbocycles. The van der Waals surface area contributed by atoms with Crippen molar-refractivity contribution in [3.05, 3.63) is 72.3 Å². The van der Waals surface area contributed by atoms with Crippen molar-refractivity contribution in [1.82, 2.24) is 15.0 Å². The third kappa shape index (κ3) is 4.29. The molecule has 0 spiro atoms. The van der Waals surface area contributed by atoms with Gasteiger partial charge in [0.2, 0.25) is 0 Å². The zero-order valence-electron chi connectivity index (χ0n) is 14.0. The fraction of sp³-hybridized carbons (Fsp3) is 0.211. The van der Waals surface area contributed by atoms with Crippen molar-refractivity contribution >= 4 is 17.3 Å². The predicted octanol–water partition coefficient (Wildman–Crippen LogP) is 3.60. The van der Waals surface area contributed by atoms with E-state index in [9.17, 15) is 0 Å². The van der Waals surface area contributed by atoms with Crippen LogP contribution in [0.3, 0.4) is 0 Å². The molecule has 122 valence electrons. The van der Waals surface area contributed by atoms with Gasteiger partial charge in [0, 0.05) is 37.7 Å². The van der Waals surface area contributed by atoms with E-state index in [1.165, 1.54) is 11.1 Å². The number of likely N-dealkylation sites (N-methyl/N-ethyl adjacent to an activating group) is 1. The van der Waals surface area contributed by atoms with Crippen LogP contribution in [-0.4, -0.2) is 28.5 Å². The summed E-state index contributed by atoms with van der Waals surface area (Å²) in [4.78, 5) is 14.9. The molecule has 0 saturated heterocycles. The highest BCUT2D eigenvalue weighted by Crippen LogP contribution is 2.18. The van der Waals surface area contributed by atoms with Crippen LogP contribution in [-0.2, 0) is 6.42 Å². The molecule has 2 heterocycles. The molecule has 5 heteroatoms. The smallest absolute Gasteiger partial charge is 0.135 e. The number of pyridine rings is 1. The second-order valence-electron chi connectivity index (χ2n) is 5.78. The summed E-state index contributed by atoms with van der Waals surface area (Å²) < 4.78 is 0. The Labute approximate surface area is 142 Å². The SMILES string of the molecule is Cc1cccc(Nc2cc(N(C)CCc3ccncc3)ncn2)c1. The first kappa shape index (κ1) is 15.9. The maximum Gasteiger partial charge on any atom is 0.135 e. The molecular weight excluding hydrogens is 298 g/mol. The summed E-state index contributed by atoms with van der Waals surface area (Å²) in [5.74, 6) is 1.69. The highest BCUT2D eigenvalue weighted by atomic mass is 15.2. The van der Waals surface area contributed by atoms with Gasteiger partial charge in [-0.15, -0.1) is 0 Å². The lowest BCUT2D eigenvalue weighted by atomic mass is 10.2. The lowest BCUT2D eigenvalue weighted by Crippen LogP contribution is -2.21. The molecule has 0 amide bonds. The summed E-state index contributed by atoms with van der Waals surface area (Å²) in [6.45, 7) is 2.95. The van der Waals surface area contributed by atoms with E-state index in [1.807, 2.05) is 49.8 Å². The van der Waals surface area contributed by atoms with Crippen LogP contribution in [0.4, 0.5) is 17.3 Å². The maximum atomic E-state index is 4.37. The third-order valence-electron chi connectivity index (χ3n) is 3.82. The van der Waals surface area contributed by atoms with E-state index < -0.39 is 0 Å². The fourth-order valence-electron chi connectivity index (χ4n) is 2.46. The van der Waals surface area contributed by atoms with Crippen LogP contribution in [0.25, 0.3) is 0 Å². The molecule has 1 N–H and O–H groups in total.